The Kier molecular flexibility index (Phi) is 4.63. The summed E-state index contributed by atoms with van der Waals surface area (Å²) in [5, 5.41) is 0. The topological polar surface area (TPSA) is 59.0 Å². The fourth-order valence-electron chi connectivity index (χ4n) is 3.76. The van der Waals surface area contributed by atoms with Crippen molar-refractivity contribution in [1.29, 1.82) is 0 Å². The van der Waals surface area contributed by atoms with Gasteiger partial charge in [0, 0.05) is 31.5 Å². The van der Waals surface area contributed by atoms with Gasteiger partial charge in [-0.3, -0.25) is 4.79 Å². The summed E-state index contributed by atoms with van der Waals surface area (Å²) in [6.45, 7) is 4.74. The van der Waals surface area contributed by atoms with Crippen molar-refractivity contribution in [1.82, 2.24) is 15.0 Å². The van der Waals surface area contributed by atoms with Crippen molar-refractivity contribution in [3.63, 3.8) is 0 Å². The number of rotatable bonds is 3. The van der Waals surface area contributed by atoms with Crippen molar-refractivity contribution in [2.75, 3.05) is 18.5 Å². The second-order valence-corrected chi connectivity index (χ2v) is 7.29. The molecule has 0 saturated heterocycles. The maximum Gasteiger partial charge on any atom is 0.156 e. The van der Waals surface area contributed by atoms with Crippen LogP contribution in [0.2, 0.25) is 0 Å². The Labute approximate surface area is 163 Å². The first-order chi connectivity index (χ1) is 13.5. The van der Waals surface area contributed by atoms with Crippen LogP contribution >= 0.6 is 0 Å². The van der Waals surface area contributed by atoms with Crippen LogP contribution in [0.5, 0.6) is 0 Å². The molecule has 3 heterocycles. The third kappa shape index (κ3) is 2.95. The minimum absolute atomic E-state index is 0.0470. The highest BCUT2D eigenvalue weighted by atomic mass is 19.1. The van der Waals surface area contributed by atoms with Crippen LogP contribution in [0.15, 0.2) is 36.7 Å². The smallest absolute Gasteiger partial charge is 0.156 e. The lowest BCUT2D eigenvalue weighted by Crippen LogP contribution is -2.20. The number of fused-ring (bicyclic) bond motifs is 3. The Bertz CT molecular complexity index is 1050. The number of hydrogen-bond donors (Lipinski definition) is 0. The van der Waals surface area contributed by atoms with Gasteiger partial charge in [0.2, 0.25) is 0 Å². The number of carbonyl (C=O) groups is 1. The first-order valence-corrected chi connectivity index (χ1v) is 9.31. The van der Waals surface area contributed by atoms with E-state index in [1.165, 1.54) is 12.1 Å². The van der Waals surface area contributed by atoms with Gasteiger partial charge in [0.05, 0.1) is 11.4 Å². The molecular formula is C22H21FN4O. The second kappa shape index (κ2) is 7.11. The molecule has 0 fully saturated rings. The van der Waals surface area contributed by atoms with Crippen molar-refractivity contribution in [3.8, 4) is 22.5 Å². The fraction of sp³-hybridized carbons (Fsp3) is 0.273. The molecule has 0 N–H and O–H groups in total. The van der Waals surface area contributed by atoms with Gasteiger partial charge < -0.3 is 4.90 Å². The average Bonchev–Trinajstić information content (AvgIpc) is 2.84. The van der Waals surface area contributed by atoms with Crippen molar-refractivity contribution in [2.45, 2.75) is 26.2 Å². The molecule has 0 radical (unpaired) electrons. The number of aldehydes is 1. The number of carbonyl (C=O) groups excluding carboxylic acids is 1. The lowest BCUT2D eigenvalue weighted by molar-refractivity contribution is 0.112. The zero-order chi connectivity index (χ0) is 19.8. The van der Waals surface area contributed by atoms with E-state index in [4.69, 9.17) is 4.98 Å². The minimum Gasteiger partial charge on any atom is -0.357 e. The molecule has 4 rings (SSSR count). The maximum atomic E-state index is 13.5. The van der Waals surface area contributed by atoms with Crippen LogP contribution in [0.4, 0.5) is 10.2 Å². The molecule has 0 aliphatic carbocycles. The first kappa shape index (κ1) is 18.2. The molecular weight excluding hydrogens is 355 g/mol. The van der Waals surface area contributed by atoms with Crippen LogP contribution in [0.1, 0.15) is 41.4 Å². The molecule has 0 unspecified atom stereocenters. The van der Waals surface area contributed by atoms with E-state index in [2.05, 4.69) is 9.97 Å². The molecule has 28 heavy (non-hydrogen) atoms. The molecule has 3 aromatic rings. The van der Waals surface area contributed by atoms with Crippen LogP contribution < -0.4 is 4.90 Å². The standard InChI is InChI=1S/C22H21FN4O/c1-13(2)19-17(12-28)18(14-4-6-15(23)7-5-14)16-8-11-27(3)22-21(20(16)26-19)24-9-10-25-22/h4-7,9-10,12-13H,8,11H2,1-3H3. The molecule has 0 amide bonds. The maximum absolute atomic E-state index is 13.5. The number of halogens is 1. The summed E-state index contributed by atoms with van der Waals surface area (Å²) in [6.07, 6.45) is 4.88. The summed E-state index contributed by atoms with van der Waals surface area (Å²) in [7, 11) is 1.97. The van der Waals surface area contributed by atoms with Gasteiger partial charge in [-0.25, -0.2) is 19.3 Å². The molecule has 0 spiro atoms. The van der Waals surface area contributed by atoms with Crippen LogP contribution in [-0.2, 0) is 6.42 Å². The monoisotopic (exact) mass is 376 g/mol. The molecule has 0 atom stereocenters. The molecule has 142 valence electrons. The minimum atomic E-state index is -0.309. The van der Waals surface area contributed by atoms with E-state index in [9.17, 15) is 9.18 Å². The van der Waals surface area contributed by atoms with Crippen LogP contribution in [-0.4, -0.2) is 34.8 Å². The van der Waals surface area contributed by atoms with Gasteiger partial charge in [-0.05, 0) is 41.2 Å². The highest BCUT2D eigenvalue weighted by molar-refractivity contribution is 5.94. The Morgan fingerprint density at radius 1 is 1.11 bits per heavy atom. The second-order valence-electron chi connectivity index (χ2n) is 7.29. The third-order valence-corrected chi connectivity index (χ3v) is 5.12. The molecule has 1 aliphatic rings. The Morgan fingerprint density at radius 2 is 1.82 bits per heavy atom. The highest BCUT2D eigenvalue weighted by Gasteiger charge is 2.28. The fourth-order valence-corrected chi connectivity index (χ4v) is 3.76. The SMILES string of the molecule is CC(C)c1nc2c(c(-c3ccc(F)cc3)c1C=O)CCN(C)c1nccnc1-2. The lowest BCUT2D eigenvalue weighted by Gasteiger charge is -2.19. The van der Waals surface area contributed by atoms with Crippen molar-refractivity contribution in [3.05, 3.63) is 59.3 Å². The first-order valence-electron chi connectivity index (χ1n) is 9.31. The summed E-state index contributed by atoms with van der Waals surface area (Å²) in [5.74, 6) is 0.509. The Balaban J connectivity index is 2.11. The van der Waals surface area contributed by atoms with E-state index >= 15 is 0 Å². The van der Waals surface area contributed by atoms with Crippen LogP contribution in [0.25, 0.3) is 22.5 Å². The Morgan fingerprint density at radius 3 is 2.50 bits per heavy atom. The summed E-state index contributed by atoms with van der Waals surface area (Å²) < 4.78 is 13.5. The van der Waals surface area contributed by atoms with E-state index in [-0.39, 0.29) is 11.7 Å². The van der Waals surface area contributed by atoms with Gasteiger partial charge in [0.15, 0.2) is 12.1 Å². The quantitative estimate of drug-likeness (QED) is 0.639. The molecule has 1 aliphatic heterocycles. The van der Waals surface area contributed by atoms with Gasteiger partial charge in [-0.2, -0.15) is 0 Å². The summed E-state index contributed by atoms with van der Waals surface area (Å²) in [6, 6.07) is 6.27. The van der Waals surface area contributed by atoms with E-state index in [1.807, 2.05) is 25.8 Å². The lowest BCUT2D eigenvalue weighted by atomic mass is 9.88. The van der Waals surface area contributed by atoms with Crippen LogP contribution in [0.3, 0.4) is 0 Å². The molecule has 1 aromatic carbocycles. The van der Waals surface area contributed by atoms with E-state index in [0.717, 1.165) is 34.5 Å². The van der Waals surface area contributed by atoms with Crippen molar-refractivity contribution in [2.24, 2.45) is 0 Å². The van der Waals surface area contributed by atoms with Gasteiger partial charge in [0.25, 0.3) is 0 Å². The van der Waals surface area contributed by atoms with Gasteiger partial charge in [-0.1, -0.05) is 26.0 Å². The number of hydrogen-bond acceptors (Lipinski definition) is 5. The molecule has 6 heteroatoms. The molecule has 0 bridgehead atoms. The number of likely N-dealkylation sites (N-methyl/N-ethyl adjacent to an activating group) is 1. The summed E-state index contributed by atoms with van der Waals surface area (Å²) in [5.41, 5.74) is 5.31. The van der Waals surface area contributed by atoms with Crippen molar-refractivity contribution >= 4 is 12.1 Å². The van der Waals surface area contributed by atoms with E-state index in [1.54, 1.807) is 24.5 Å². The Hall–Kier alpha value is -3.15. The predicted molar refractivity (Wildman–Crippen MR) is 107 cm³/mol. The van der Waals surface area contributed by atoms with Crippen LogP contribution in [0, 0.1) is 5.82 Å². The number of benzene rings is 1. The number of aromatic nitrogens is 3. The van der Waals surface area contributed by atoms with Gasteiger partial charge >= 0.3 is 0 Å². The predicted octanol–water partition coefficient (Wildman–Crippen LogP) is 4.27. The molecule has 2 aromatic heterocycles. The third-order valence-electron chi connectivity index (χ3n) is 5.12. The highest BCUT2D eigenvalue weighted by Crippen LogP contribution is 2.40. The normalized spacial score (nSPS) is 13.1. The van der Waals surface area contributed by atoms with Gasteiger partial charge in [-0.15, -0.1) is 0 Å². The largest absolute Gasteiger partial charge is 0.357 e. The summed E-state index contributed by atoms with van der Waals surface area (Å²) >= 11 is 0. The van der Waals surface area contributed by atoms with Gasteiger partial charge in [0.1, 0.15) is 11.5 Å². The summed E-state index contributed by atoms with van der Waals surface area (Å²) in [4.78, 5) is 28.1. The number of pyridine rings is 1. The van der Waals surface area contributed by atoms with Crippen molar-refractivity contribution < 1.29 is 9.18 Å². The zero-order valence-corrected chi connectivity index (χ0v) is 16.1. The van der Waals surface area contributed by atoms with E-state index in [0.29, 0.717) is 29.9 Å². The number of nitrogens with zero attached hydrogens (tertiary/aromatic N) is 4. The zero-order valence-electron chi connectivity index (χ0n) is 16.1. The van der Waals surface area contributed by atoms with E-state index < -0.39 is 0 Å². The molecule has 5 nitrogen and oxygen atoms in total. The molecule has 0 saturated carbocycles. The average molecular weight is 376 g/mol. The number of anilines is 1.